The van der Waals surface area contributed by atoms with Gasteiger partial charge in [-0.15, -0.1) is 0 Å². The molecule has 0 spiro atoms. The fourth-order valence-corrected chi connectivity index (χ4v) is 3.09. The molecular formula is C17H14BrNOS. The summed E-state index contributed by atoms with van der Waals surface area (Å²) >= 11 is 5.23. The molecule has 2 aromatic carbocycles. The van der Waals surface area contributed by atoms with Crippen LogP contribution in [-0.2, 0) is 0 Å². The molecule has 0 bridgehead atoms. The topological polar surface area (TPSA) is 21.3 Å². The number of thiophene rings is 1. The molecule has 1 heterocycles. The highest BCUT2D eigenvalue weighted by atomic mass is 79.9. The van der Waals surface area contributed by atoms with Crippen LogP contribution in [0.3, 0.4) is 0 Å². The van der Waals surface area contributed by atoms with E-state index in [0.717, 1.165) is 32.7 Å². The highest BCUT2D eigenvalue weighted by Gasteiger charge is 2.08. The van der Waals surface area contributed by atoms with Crippen LogP contribution >= 0.6 is 27.3 Å². The number of methoxy groups -OCH3 is 1. The van der Waals surface area contributed by atoms with E-state index in [4.69, 9.17) is 4.74 Å². The van der Waals surface area contributed by atoms with Crippen LogP contribution in [0.25, 0.3) is 11.1 Å². The Hall–Kier alpha value is -1.78. The van der Waals surface area contributed by atoms with Gasteiger partial charge in [-0.2, -0.15) is 11.3 Å². The van der Waals surface area contributed by atoms with Crippen LogP contribution in [0, 0.1) is 0 Å². The molecule has 4 heteroatoms. The molecule has 2 nitrogen and oxygen atoms in total. The van der Waals surface area contributed by atoms with Crippen LogP contribution in [0.2, 0.25) is 0 Å². The van der Waals surface area contributed by atoms with Gasteiger partial charge in [-0.05, 0) is 47.3 Å². The van der Waals surface area contributed by atoms with Crippen molar-refractivity contribution in [1.29, 1.82) is 0 Å². The van der Waals surface area contributed by atoms with Crippen molar-refractivity contribution in [2.45, 2.75) is 0 Å². The highest BCUT2D eigenvalue weighted by molar-refractivity contribution is 9.10. The fourth-order valence-electron chi connectivity index (χ4n) is 2.15. The number of nitrogens with one attached hydrogen (secondary N) is 1. The minimum atomic E-state index is 0.856. The average Bonchev–Trinajstić information content (AvgIpc) is 3.02. The third-order valence-corrected chi connectivity index (χ3v) is 4.34. The van der Waals surface area contributed by atoms with Gasteiger partial charge in [0.05, 0.1) is 7.11 Å². The molecule has 1 aromatic heterocycles. The summed E-state index contributed by atoms with van der Waals surface area (Å²) in [4.78, 5) is 0. The van der Waals surface area contributed by atoms with Gasteiger partial charge in [-0.3, -0.25) is 0 Å². The van der Waals surface area contributed by atoms with Crippen molar-refractivity contribution in [1.82, 2.24) is 0 Å². The lowest BCUT2D eigenvalue weighted by Gasteiger charge is -2.13. The predicted octanol–water partition coefficient (Wildman–Crippen LogP) is 5.93. The van der Waals surface area contributed by atoms with Crippen molar-refractivity contribution in [2.75, 3.05) is 12.4 Å². The van der Waals surface area contributed by atoms with Crippen LogP contribution < -0.4 is 10.1 Å². The third-order valence-electron chi connectivity index (χ3n) is 3.16. The quantitative estimate of drug-likeness (QED) is 0.623. The molecule has 3 rings (SSSR count). The molecule has 0 saturated heterocycles. The zero-order valence-corrected chi connectivity index (χ0v) is 13.9. The van der Waals surface area contributed by atoms with Gasteiger partial charge in [0.25, 0.3) is 0 Å². The van der Waals surface area contributed by atoms with Gasteiger partial charge >= 0.3 is 0 Å². The molecular weight excluding hydrogens is 346 g/mol. The molecule has 0 saturated carbocycles. The summed E-state index contributed by atoms with van der Waals surface area (Å²) in [6, 6.07) is 16.4. The van der Waals surface area contributed by atoms with E-state index in [0.29, 0.717) is 0 Å². The van der Waals surface area contributed by atoms with Crippen molar-refractivity contribution in [3.8, 4) is 16.9 Å². The second-order valence-corrected chi connectivity index (χ2v) is 6.25. The van der Waals surface area contributed by atoms with Crippen molar-refractivity contribution in [3.05, 3.63) is 63.8 Å². The van der Waals surface area contributed by atoms with Crippen LogP contribution in [0.4, 0.5) is 11.4 Å². The minimum Gasteiger partial charge on any atom is -0.497 e. The van der Waals surface area contributed by atoms with Gasteiger partial charge in [0, 0.05) is 26.8 Å². The van der Waals surface area contributed by atoms with E-state index < -0.39 is 0 Å². The summed E-state index contributed by atoms with van der Waals surface area (Å²) in [6.07, 6.45) is 0. The first kappa shape index (κ1) is 14.2. The largest absolute Gasteiger partial charge is 0.497 e. The first-order chi connectivity index (χ1) is 10.3. The standard InChI is InChI=1S/C17H14BrNOS/c1-20-15-4-2-3-12(9-15)16-10-13(18)5-6-17(16)19-14-7-8-21-11-14/h2-11,19H,1H3. The fraction of sp³-hybridized carbons (Fsp3) is 0.0588. The number of benzene rings is 2. The molecule has 106 valence electrons. The van der Waals surface area contributed by atoms with E-state index >= 15 is 0 Å². The van der Waals surface area contributed by atoms with Crippen LogP contribution in [0.1, 0.15) is 0 Å². The monoisotopic (exact) mass is 359 g/mol. The lowest BCUT2D eigenvalue weighted by molar-refractivity contribution is 0.415. The zero-order valence-electron chi connectivity index (χ0n) is 11.5. The number of halogens is 1. The Morgan fingerprint density at radius 2 is 2.00 bits per heavy atom. The lowest BCUT2D eigenvalue weighted by atomic mass is 10.0. The Morgan fingerprint density at radius 3 is 2.76 bits per heavy atom. The molecule has 0 fully saturated rings. The maximum atomic E-state index is 5.32. The molecule has 21 heavy (non-hydrogen) atoms. The lowest BCUT2D eigenvalue weighted by Crippen LogP contribution is -1.92. The van der Waals surface area contributed by atoms with E-state index in [1.54, 1.807) is 18.4 Å². The van der Waals surface area contributed by atoms with Crippen LogP contribution in [0.15, 0.2) is 63.8 Å². The Balaban J connectivity index is 2.05. The molecule has 0 aliphatic heterocycles. The molecule has 0 aliphatic rings. The SMILES string of the molecule is COc1cccc(-c2cc(Br)ccc2Nc2ccsc2)c1. The average molecular weight is 360 g/mol. The van der Waals surface area contributed by atoms with Gasteiger partial charge in [-0.1, -0.05) is 28.1 Å². The molecule has 1 N–H and O–H groups in total. The number of rotatable bonds is 4. The van der Waals surface area contributed by atoms with E-state index in [9.17, 15) is 0 Å². The first-order valence-corrected chi connectivity index (χ1v) is 8.23. The van der Waals surface area contributed by atoms with E-state index in [2.05, 4.69) is 56.3 Å². The maximum Gasteiger partial charge on any atom is 0.119 e. The number of hydrogen-bond donors (Lipinski definition) is 1. The van der Waals surface area contributed by atoms with Gasteiger partial charge in [0.15, 0.2) is 0 Å². The van der Waals surface area contributed by atoms with Crippen molar-refractivity contribution in [3.63, 3.8) is 0 Å². The Morgan fingerprint density at radius 1 is 1.10 bits per heavy atom. The zero-order chi connectivity index (χ0) is 14.7. The Bertz CT molecular complexity index is 740. The molecule has 0 atom stereocenters. The summed E-state index contributed by atoms with van der Waals surface area (Å²) in [6.45, 7) is 0. The minimum absolute atomic E-state index is 0.856. The first-order valence-electron chi connectivity index (χ1n) is 6.49. The molecule has 0 aliphatic carbocycles. The van der Waals surface area contributed by atoms with Gasteiger partial charge in [0.1, 0.15) is 5.75 Å². The maximum absolute atomic E-state index is 5.32. The van der Waals surface area contributed by atoms with Crippen molar-refractivity contribution < 1.29 is 4.74 Å². The number of hydrogen-bond acceptors (Lipinski definition) is 3. The second-order valence-electron chi connectivity index (χ2n) is 4.56. The summed E-state index contributed by atoms with van der Waals surface area (Å²) < 4.78 is 6.37. The smallest absolute Gasteiger partial charge is 0.119 e. The number of ether oxygens (including phenoxy) is 1. The third kappa shape index (κ3) is 3.28. The highest BCUT2D eigenvalue weighted by Crippen LogP contribution is 2.34. The van der Waals surface area contributed by atoms with E-state index in [-0.39, 0.29) is 0 Å². The summed E-state index contributed by atoms with van der Waals surface area (Å²) in [7, 11) is 1.69. The summed E-state index contributed by atoms with van der Waals surface area (Å²) in [5.41, 5.74) is 4.43. The van der Waals surface area contributed by atoms with Gasteiger partial charge in [-0.25, -0.2) is 0 Å². The molecule has 0 amide bonds. The predicted molar refractivity (Wildman–Crippen MR) is 93.7 cm³/mol. The van der Waals surface area contributed by atoms with Crippen LogP contribution in [0.5, 0.6) is 5.75 Å². The van der Waals surface area contributed by atoms with Crippen LogP contribution in [-0.4, -0.2) is 7.11 Å². The van der Waals surface area contributed by atoms with Crippen molar-refractivity contribution in [2.24, 2.45) is 0 Å². The Labute approximate surface area is 136 Å². The summed E-state index contributed by atoms with van der Waals surface area (Å²) in [5.74, 6) is 0.856. The second kappa shape index (κ2) is 6.33. The molecule has 0 radical (unpaired) electrons. The normalized spacial score (nSPS) is 10.4. The Kier molecular flexibility index (Phi) is 4.27. The molecule has 0 unspecified atom stereocenters. The number of anilines is 2. The van der Waals surface area contributed by atoms with E-state index in [1.807, 2.05) is 24.3 Å². The van der Waals surface area contributed by atoms with Crippen molar-refractivity contribution >= 4 is 38.6 Å². The summed E-state index contributed by atoms with van der Waals surface area (Å²) in [5, 5.41) is 7.62. The van der Waals surface area contributed by atoms with Gasteiger partial charge < -0.3 is 10.1 Å². The molecule has 3 aromatic rings. The van der Waals surface area contributed by atoms with Gasteiger partial charge in [0.2, 0.25) is 0 Å². The van der Waals surface area contributed by atoms with E-state index in [1.165, 1.54) is 0 Å².